The van der Waals surface area contributed by atoms with Gasteiger partial charge in [0.25, 0.3) is 5.91 Å². The normalized spacial score (nSPS) is 21.3. The average molecular weight is 331 g/mol. The Morgan fingerprint density at radius 1 is 1.21 bits per heavy atom. The van der Waals surface area contributed by atoms with Crippen molar-refractivity contribution in [1.82, 2.24) is 5.32 Å². The molecule has 1 fully saturated rings. The summed E-state index contributed by atoms with van der Waals surface area (Å²) >= 11 is 0. The Labute approximate surface area is 139 Å². The van der Waals surface area contributed by atoms with E-state index in [1.165, 1.54) is 24.3 Å². The highest BCUT2D eigenvalue weighted by Crippen LogP contribution is 2.64. The van der Waals surface area contributed by atoms with Crippen molar-refractivity contribution in [3.05, 3.63) is 65.2 Å². The molecule has 0 saturated heterocycles. The van der Waals surface area contributed by atoms with E-state index in [0.29, 0.717) is 17.5 Å². The molecule has 1 atom stereocenters. The highest BCUT2D eigenvalue weighted by Gasteiger charge is 2.62. The minimum absolute atomic E-state index is 0.00805. The van der Waals surface area contributed by atoms with Crippen LogP contribution in [-0.4, -0.2) is 17.6 Å². The minimum Gasteiger partial charge on any atom is -0.508 e. The monoisotopic (exact) mass is 331 g/mol. The molecule has 2 aromatic rings. The number of amides is 1. The smallest absolute Gasteiger partial charge is 0.251 e. The van der Waals surface area contributed by atoms with Crippen molar-refractivity contribution in [1.29, 1.82) is 0 Å². The van der Waals surface area contributed by atoms with Crippen molar-refractivity contribution in [3.63, 3.8) is 0 Å². The van der Waals surface area contributed by atoms with Gasteiger partial charge in [0, 0.05) is 23.6 Å². The summed E-state index contributed by atoms with van der Waals surface area (Å²) < 4.78 is 27.4. The van der Waals surface area contributed by atoms with Crippen LogP contribution in [0, 0.1) is 17.0 Å². The zero-order valence-electron chi connectivity index (χ0n) is 13.6. The zero-order valence-corrected chi connectivity index (χ0v) is 13.6. The van der Waals surface area contributed by atoms with Crippen molar-refractivity contribution < 1.29 is 18.7 Å². The van der Waals surface area contributed by atoms with E-state index in [4.69, 9.17) is 0 Å². The molecule has 1 saturated carbocycles. The second kappa shape index (κ2) is 5.58. The summed E-state index contributed by atoms with van der Waals surface area (Å²) in [5.41, 5.74) is 0.00276. The fraction of sp³-hybridized carbons (Fsp3) is 0.316. The molecule has 1 aliphatic rings. The molecule has 0 bridgehead atoms. The number of carbonyl (C=O) groups is 1. The van der Waals surface area contributed by atoms with Crippen LogP contribution < -0.4 is 5.32 Å². The number of benzene rings is 2. The second-order valence-corrected chi connectivity index (χ2v) is 7.00. The SMILES string of the molecule is CC1(C)CC1(CNC(=O)c1cccc(O)c1)c1ccc(F)cc1F. The molecule has 0 aromatic heterocycles. The van der Waals surface area contributed by atoms with Crippen LogP contribution >= 0.6 is 0 Å². The van der Waals surface area contributed by atoms with Crippen LogP contribution in [0.3, 0.4) is 0 Å². The summed E-state index contributed by atoms with van der Waals surface area (Å²) in [4.78, 5) is 12.3. The Balaban J connectivity index is 1.82. The van der Waals surface area contributed by atoms with Crippen molar-refractivity contribution in [2.24, 2.45) is 5.41 Å². The third-order valence-corrected chi connectivity index (χ3v) is 5.02. The van der Waals surface area contributed by atoms with Crippen LogP contribution in [0.25, 0.3) is 0 Å². The number of phenols is 1. The van der Waals surface area contributed by atoms with Crippen LogP contribution in [0.4, 0.5) is 8.78 Å². The molecule has 5 heteroatoms. The third kappa shape index (κ3) is 2.75. The average Bonchev–Trinajstić information content (AvgIpc) is 3.07. The molecule has 0 heterocycles. The first-order valence-corrected chi connectivity index (χ1v) is 7.78. The lowest BCUT2D eigenvalue weighted by Crippen LogP contribution is -2.35. The van der Waals surface area contributed by atoms with Crippen LogP contribution in [0.1, 0.15) is 36.2 Å². The number of phenolic OH excluding ortho intramolecular Hbond substituents is 1. The number of nitrogens with one attached hydrogen (secondary N) is 1. The highest BCUT2D eigenvalue weighted by atomic mass is 19.1. The number of rotatable bonds is 4. The Bertz CT molecular complexity index is 804. The van der Waals surface area contributed by atoms with E-state index in [1.54, 1.807) is 12.1 Å². The molecule has 1 aliphatic carbocycles. The highest BCUT2D eigenvalue weighted by molar-refractivity contribution is 5.94. The van der Waals surface area contributed by atoms with Gasteiger partial charge in [0.05, 0.1) is 0 Å². The number of carbonyl (C=O) groups excluding carboxylic acids is 1. The molecule has 3 nitrogen and oxygen atoms in total. The maximum atomic E-state index is 14.2. The largest absolute Gasteiger partial charge is 0.508 e. The molecule has 1 unspecified atom stereocenters. The maximum Gasteiger partial charge on any atom is 0.251 e. The summed E-state index contributed by atoms with van der Waals surface area (Å²) in [6.07, 6.45) is 0.697. The topological polar surface area (TPSA) is 49.3 Å². The summed E-state index contributed by atoms with van der Waals surface area (Å²) in [6.45, 7) is 4.24. The molecule has 0 spiro atoms. The Hall–Kier alpha value is -2.43. The summed E-state index contributed by atoms with van der Waals surface area (Å²) in [6, 6.07) is 9.61. The Morgan fingerprint density at radius 3 is 2.50 bits per heavy atom. The van der Waals surface area contributed by atoms with E-state index in [2.05, 4.69) is 5.32 Å². The van der Waals surface area contributed by atoms with Gasteiger partial charge >= 0.3 is 0 Å². The van der Waals surface area contributed by atoms with Gasteiger partial charge in [0.15, 0.2) is 0 Å². The Morgan fingerprint density at radius 2 is 1.92 bits per heavy atom. The van der Waals surface area contributed by atoms with Crippen molar-refractivity contribution in [3.8, 4) is 5.75 Å². The number of hydrogen-bond acceptors (Lipinski definition) is 2. The van der Waals surface area contributed by atoms with Crippen LogP contribution in [-0.2, 0) is 5.41 Å². The van der Waals surface area contributed by atoms with Crippen LogP contribution in [0.15, 0.2) is 42.5 Å². The molecular weight excluding hydrogens is 312 g/mol. The van der Waals surface area contributed by atoms with E-state index < -0.39 is 17.0 Å². The lowest BCUT2D eigenvalue weighted by molar-refractivity contribution is 0.0947. The molecule has 2 N–H and O–H groups in total. The molecule has 1 amide bonds. The fourth-order valence-corrected chi connectivity index (χ4v) is 3.42. The lowest BCUT2D eigenvalue weighted by atomic mass is 9.87. The van der Waals surface area contributed by atoms with Gasteiger partial charge in [0.2, 0.25) is 0 Å². The minimum atomic E-state index is -0.617. The van der Waals surface area contributed by atoms with Crippen molar-refractivity contribution in [2.75, 3.05) is 6.54 Å². The second-order valence-electron chi connectivity index (χ2n) is 7.00. The zero-order chi connectivity index (χ0) is 17.5. The molecule has 126 valence electrons. The Kier molecular flexibility index (Phi) is 3.82. The molecule has 24 heavy (non-hydrogen) atoms. The number of hydrogen-bond donors (Lipinski definition) is 2. The van der Waals surface area contributed by atoms with E-state index >= 15 is 0 Å². The van der Waals surface area contributed by atoms with Gasteiger partial charge in [-0.1, -0.05) is 26.0 Å². The lowest BCUT2D eigenvalue weighted by Gasteiger charge is -2.22. The van der Waals surface area contributed by atoms with Crippen LogP contribution in [0.2, 0.25) is 0 Å². The summed E-state index contributed by atoms with van der Waals surface area (Å²) in [5, 5.41) is 12.3. The van der Waals surface area contributed by atoms with Crippen molar-refractivity contribution >= 4 is 5.91 Å². The van der Waals surface area contributed by atoms with E-state index in [0.717, 1.165) is 6.07 Å². The number of aromatic hydroxyl groups is 1. The van der Waals surface area contributed by atoms with Gasteiger partial charge < -0.3 is 10.4 Å². The first-order valence-electron chi connectivity index (χ1n) is 7.78. The molecule has 3 rings (SSSR count). The summed E-state index contributed by atoms with van der Waals surface area (Å²) in [5.74, 6) is -1.54. The van der Waals surface area contributed by atoms with Gasteiger partial charge in [-0.15, -0.1) is 0 Å². The predicted octanol–water partition coefficient (Wildman–Crippen LogP) is 3.77. The quantitative estimate of drug-likeness (QED) is 0.896. The first-order chi connectivity index (χ1) is 11.2. The summed E-state index contributed by atoms with van der Waals surface area (Å²) in [7, 11) is 0. The van der Waals surface area contributed by atoms with Gasteiger partial charge in [-0.3, -0.25) is 4.79 Å². The van der Waals surface area contributed by atoms with Gasteiger partial charge in [0.1, 0.15) is 17.4 Å². The predicted molar refractivity (Wildman–Crippen MR) is 86.9 cm³/mol. The van der Waals surface area contributed by atoms with Crippen molar-refractivity contribution in [2.45, 2.75) is 25.7 Å². The standard InChI is InChI=1S/C19H19F2NO2/c1-18(2)10-19(18,15-7-6-13(20)9-16(15)21)11-22-17(24)12-4-3-5-14(23)8-12/h3-9,23H,10-11H2,1-2H3,(H,22,24). The van der Waals surface area contributed by atoms with Gasteiger partial charge in [-0.05, 0) is 41.7 Å². The molecule has 0 aliphatic heterocycles. The maximum absolute atomic E-state index is 14.2. The van der Waals surface area contributed by atoms with E-state index in [9.17, 15) is 18.7 Å². The van der Waals surface area contributed by atoms with E-state index in [-0.39, 0.29) is 23.6 Å². The number of halogens is 2. The first kappa shape index (κ1) is 16.4. The molecular formula is C19H19F2NO2. The molecule has 2 aromatic carbocycles. The fourth-order valence-electron chi connectivity index (χ4n) is 3.42. The van der Waals surface area contributed by atoms with E-state index in [1.807, 2.05) is 13.8 Å². The van der Waals surface area contributed by atoms with Gasteiger partial charge in [-0.2, -0.15) is 0 Å². The third-order valence-electron chi connectivity index (χ3n) is 5.02. The molecule has 0 radical (unpaired) electrons. The van der Waals surface area contributed by atoms with Crippen LogP contribution in [0.5, 0.6) is 5.75 Å². The van der Waals surface area contributed by atoms with Gasteiger partial charge in [-0.25, -0.2) is 8.78 Å².